The van der Waals surface area contributed by atoms with Gasteiger partial charge >= 0.3 is 6.18 Å². The Morgan fingerprint density at radius 3 is 2.58 bits per heavy atom. The third-order valence-corrected chi connectivity index (χ3v) is 8.63. The lowest BCUT2D eigenvalue weighted by Gasteiger charge is -2.21. The van der Waals surface area contributed by atoms with Gasteiger partial charge in [-0.3, -0.25) is 4.79 Å². The summed E-state index contributed by atoms with van der Waals surface area (Å²) in [7, 11) is 3.42. The highest BCUT2D eigenvalue weighted by atomic mass is 35.5. The first kappa shape index (κ1) is 28.4. The van der Waals surface area contributed by atoms with Gasteiger partial charge < -0.3 is 14.2 Å². The Balaban J connectivity index is 0.00000336. The normalized spacial score (nSPS) is 20.6. The lowest BCUT2D eigenvalue weighted by atomic mass is 9.92. The van der Waals surface area contributed by atoms with Gasteiger partial charge in [-0.15, -0.1) is 22.6 Å². The molecule has 11 heteroatoms. The quantitative estimate of drug-likeness (QED) is 0.183. The van der Waals surface area contributed by atoms with E-state index in [-0.39, 0.29) is 23.6 Å². The SMILES string of the molecule is COc1ccc(C23CC2CN(CCCSc2nnc(-c4ccc(C(F)(F)F)cc4)n2C)C3)cc1C(C)=O.Cl. The fourth-order valence-corrected chi connectivity index (χ4v) is 6.28. The maximum absolute atomic E-state index is 12.8. The first-order valence-corrected chi connectivity index (χ1v) is 13.2. The van der Waals surface area contributed by atoms with Crippen molar-refractivity contribution >= 4 is 30.0 Å². The number of piperidine rings is 1. The van der Waals surface area contributed by atoms with Gasteiger partial charge in [0.15, 0.2) is 16.8 Å². The fraction of sp³-hybridized carbons (Fsp3) is 0.444. The summed E-state index contributed by atoms with van der Waals surface area (Å²) in [5.41, 5.74) is 1.94. The number of methoxy groups -OCH3 is 1. The second-order valence-electron chi connectivity index (χ2n) is 9.91. The molecule has 2 aliphatic rings. The number of carbonyl (C=O) groups excluding carboxylic acids is 1. The van der Waals surface area contributed by atoms with Crippen LogP contribution in [0.3, 0.4) is 0 Å². The topological polar surface area (TPSA) is 60.2 Å². The van der Waals surface area contributed by atoms with Crippen LogP contribution in [-0.2, 0) is 18.6 Å². The van der Waals surface area contributed by atoms with Crippen molar-refractivity contribution in [2.24, 2.45) is 13.0 Å². The van der Waals surface area contributed by atoms with Crippen LogP contribution in [0.25, 0.3) is 11.4 Å². The maximum atomic E-state index is 12.8. The predicted molar refractivity (Wildman–Crippen MR) is 143 cm³/mol. The van der Waals surface area contributed by atoms with Gasteiger partial charge in [0.1, 0.15) is 5.75 Å². The lowest BCUT2D eigenvalue weighted by molar-refractivity contribution is -0.137. The number of fused-ring (bicyclic) bond motifs is 1. The Morgan fingerprint density at radius 1 is 1.18 bits per heavy atom. The van der Waals surface area contributed by atoms with E-state index in [9.17, 15) is 18.0 Å². The van der Waals surface area contributed by atoms with Gasteiger partial charge in [0.2, 0.25) is 0 Å². The number of benzene rings is 2. The number of alkyl halides is 3. The molecule has 0 N–H and O–H groups in total. The van der Waals surface area contributed by atoms with Crippen LogP contribution in [-0.4, -0.2) is 57.9 Å². The van der Waals surface area contributed by atoms with E-state index in [2.05, 4.69) is 21.2 Å². The predicted octanol–water partition coefficient (Wildman–Crippen LogP) is 5.89. The largest absolute Gasteiger partial charge is 0.496 e. The molecule has 0 radical (unpaired) electrons. The zero-order valence-corrected chi connectivity index (χ0v) is 23.1. The van der Waals surface area contributed by atoms with Gasteiger partial charge in [0.05, 0.1) is 18.2 Å². The molecule has 2 atom stereocenters. The smallest absolute Gasteiger partial charge is 0.416 e. The third kappa shape index (κ3) is 5.44. The van der Waals surface area contributed by atoms with Gasteiger partial charge in [-0.2, -0.15) is 13.2 Å². The van der Waals surface area contributed by atoms with E-state index in [4.69, 9.17) is 4.74 Å². The van der Waals surface area contributed by atoms with Crippen LogP contribution < -0.4 is 4.74 Å². The van der Waals surface area contributed by atoms with E-state index >= 15 is 0 Å². The summed E-state index contributed by atoms with van der Waals surface area (Å²) >= 11 is 1.60. The summed E-state index contributed by atoms with van der Waals surface area (Å²) in [5, 5.41) is 9.17. The highest BCUT2D eigenvalue weighted by Gasteiger charge is 2.60. The Labute approximate surface area is 230 Å². The van der Waals surface area contributed by atoms with Crippen molar-refractivity contribution in [3.63, 3.8) is 0 Å². The number of likely N-dealkylation sites (tertiary alicyclic amines) is 1. The minimum atomic E-state index is -4.36. The Hall–Kier alpha value is -2.56. The first-order valence-electron chi connectivity index (χ1n) is 12.2. The molecule has 0 amide bonds. The monoisotopic (exact) mass is 566 g/mol. The molecule has 1 aliphatic carbocycles. The number of carbonyl (C=O) groups is 1. The molecule has 2 fully saturated rings. The number of rotatable bonds is 9. The van der Waals surface area contributed by atoms with Crippen molar-refractivity contribution in [3.8, 4) is 17.1 Å². The van der Waals surface area contributed by atoms with Gasteiger partial charge in [-0.25, -0.2) is 0 Å². The molecule has 204 valence electrons. The molecule has 0 bridgehead atoms. The average Bonchev–Trinajstić information content (AvgIpc) is 3.25. The average molecular weight is 567 g/mol. The summed E-state index contributed by atoms with van der Waals surface area (Å²) < 4.78 is 45.7. The van der Waals surface area contributed by atoms with Crippen LogP contribution in [0.15, 0.2) is 47.6 Å². The zero-order chi connectivity index (χ0) is 26.4. The minimum Gasteiger partial charge on any atom is -0.496 e. The van der Waals surface area contributed by atoms with Crippen LogP contribution in [0.1, 0.15) is 41.3 Å². The maximum Gasteiger partial charge on any atom is 0.416 e. The molecule has 2 aromatic carbocycles. The molecule has 3 aromatic rings. The van der Waals surface area contributed by atoms with E-state index in [0.717, 1.165) is 55.5 Å². The Bertz CT molecular complexity index is 1310. The molecule has 5 rings (SSSR count). The number of hydrogen-bond donors (Lipinski definition) is 0. The van der Waals surface area contributed by atoms with Crippen molar-refractivity contribution < 1.29 is 22.7 Å². The zero-order valence-electron chi connectivity index (χ0n) is 21.4. The molecule has 0 spiro atoms. The van der Waals surface area contributed by atoms with Crippen molar-refractivity contribution in [2.75, 3.05) is 32.5 Å². The minimum absolute atomic E-state index is 0. The number of thioether (sulfide) groups is 1. The molecule has 2 heterocycles. The van der Waals surface area contributed by atoms with E-state index < -0.39 is 11.7 Å². The standard InChI is InChI=1S/C27H29F3N4O2S.ClH/c1-17(35)22-13-20(9-10-23(22)36-3)26-14-21(26)15-34(16-26)11-4-12-37-25-32-31-24(33(25)2)18-5-7-19(8-6-18)27(28,29)30;/h5-10,13,21H,4,11-12,14-16H2,1-3H3;1H. The van der Waals surface area contributed by atoms with Crippen LogP contribution in [0.5, 0.6) is 5.75 Å². The van der Waals surface area contributed by atoms with Gasteiger partial charge in [-0.1, -0.05) is 30.0 Å². The van der Waals surface area contributed by atoms with Crippen LogP contribution in [0.2, 0.25) is 0 Å². The molecule has 1 saturated heterocycles. The lowest BCUT2D eigenvalue weighted by Crippen LogP contribution is -2.28. The number of nitrogens with zero attached hydrogens (tertiary/aromatic N) is 4. The molecule has 2 unspecified atom stereocenters. The Kier molecular flexibility index (Phi) is 8.16. The van der Waals surface area contributed by atoms with E-state index in [0.29, 0.717) is 28.6 Å². The highest BCUT2D eigenvalue weighted by Crippen LogP contribution is 2.59. The van der Waals surface area contributed by atoms with Gasteiger partial charge in [0.25, 0.3) is 0 Å². The van der Waals surface area contributed by atoms with Crippen molar-refractivity contribution in [2.45, 2.75) is 36.5 Å². The second-order valence-corrected chi connectivity index (χ2v) is 11.0. The molecule has 1 saturated carbocycles. The molecule has 38 heavy (non-hydrogen) atoms. The van der Waals surface area contributed by atoms with Crippen molar-refractivity contribution in [1.29, 1.82) is 0 Å². The summed E-state index contributed by atoms with van der Waals surface area (Å²) in [6.07, 6.45) is -2.22. The molecular weight excluding hydrogens is 537 g/mol. The number of Topliss-reactive ketones (excluding diaryl/α,β-unsaturated/α-hetero) is 1. The van der Waals surface area contributed by atoms with Crippen molar-refractivity contribution in [3.05, 3.63) is 59.2 Å². The van der Waals surface area contributed by atoms with Gasteiger partial charge in [-0.05, 0) is 62.1 Å². The third-order valence-electron chi connectivity index (χ3n) is 7.53. The van der Waals surface area contributed by atoms with E-state index in [1.807, 2.05) is 23.7 Å². The van der Waals surface area contributed by atoms with Crippen molar-refractivity contribution in [1.82, 2.24) is 19.7 Å². The number of halogens is 4. The van der Waals surface area contributed by atoms with E-state index in [1.54, 1.807) is 25.8 Å². The number of hydrogen-bond acceptors (Lipinski definition) is 6. The summed E-state index contributed by atoms with van der Waals surface area (Å²) in [5.74, 6) is 2.68. The first-order chi connectivity index (χ1) is 17.6. The summed E-state index contributed by atoms with van der Waals surface area (Å²) in [6.45, 7) is 4.61. The molecule has 6 nitrogen and oxygen atoms in total. The fourth-order valence-electron chi connectivity index (χ4n) is 5.45. The highest BCUT2D eigenvalue weighted by molar-refractivity contribution is 7.99. The van der Waals surface area contributed by atoms with Crippen LogP contribution >= 0.6 is 24.2 Å². The Morgan fingerprint density at radius 2 is 1.92 bits per heavy atom. The molecule has 1 aliphatic heterocycles. The molecular formula is C27H30ClF3N4O2S. The van der Waals surface area contributed by atoms with Crippen LogP contribution in [0, 0.1) is 5.92 Å². The summed E-state index contributed by atoms with van der Waals surface area (Å²) in [4.78, 5) is 14.6. The number of ketones is 1. The second kappa shape index (κ2) is 10.9. The number of ether oxygens (including phenoxy) is 1. The van der Waals surface area contributed by atoms with E-state index in [1.165, 1.54) is 17.7 Å². The van der Waals surface area contributed by atoms with Crippen LogP contribution in [0.4, 0.5) is 13.2 Å². The summed E-state index contributed by atoms with van der Waals surface area (Å²) in [6, 6.07) is 11.0. The number of aromatic nitrogens is 3. The van der Waals surface area contributed by atoms with Gasteiger partial charge in [0, 0.05) is 36.9 Å². The molecule has 1 aromatic heterocycles.